The Bertz CT molecular complexity index is 2350. The number of aliphatic hydroxyl groups is 1. The number of unbranched alkanes of at least 4 members (excludes halogenated alkanes) is 36. The maximum Gasteiger partial charge on any atom is 0.472 e. The molecule has 0 aromatic rings. The summed E-state index contributed by atoms with van der Waals surface area (Å²) in [4.78, 5) is 73.1. The Hall–Kier alpha value is -4.02. The average molecular weight is 1510 g/mol. The molecule has 0 aromatic heterocycles. The zero-order chi connectivity index (χ0) is 76.0. The van der Waals surface area contributed by atoms with Crippen molar-refractivity contribution in [1.29, 1.82) is 0 Å². The number of hydrogen-bond donors (Lipinski definition) is 3. The van der Waals surface area contributed by atoms with Crippen molar-refractivity contribution in [2.24, 2.45) is 0 Å². The standard InChI is InChI=1S/C85H150O17P2/c1-5-9-13-17-21-25-29-33-37-39-43-46-50-54-58-62-66-70-83(88)96-76-81(102-85(90)72-68-64-60-56-52-48-44-40-38-34-30-26-22-18-14-10-6-2)78-100-104(93,94)98-74-79(86)73-97-103(91,92)99-77-80(101-84(89)71-67-63-59-55-51-47-42-36-32-28-24-20-16-12-8-4)75-95-82(87)69-65-61-57-53-49-45-41-35-31-27-23-19-15-11-7-3/h9-10,13-14,21-23,25-27,33-35,37-38,41,79-81,86H,5-8,11-12,15-20,24,28-32,36,39-40,42-78H2,1-4H3,(H,91,92)(H,93,94)/b13-9-,14-10-,25-21-,26-22-,27-23-,37-33-,38-34-,41-35-. The van der Waals surface area contributed by atoms with Crippen molar-refractivity contribution in [3.8, 4) is 0 Å². The molecule has 5 unspecified atom stereocenters. The first kappa shape index (κ1) is 100.0. The molecule has 104 heavy (non-hydrogen) atoms. The molecular formula is C85H150O17P2. The molecule has 17 nitrogen and oxygen atoms in total. The highest BCUT2D eigenvalue weighted by molar-refractivity contribution is 7.47. The third kappa shape index (κ3) is 76.2. The van der Waals surface area contributed by atoms with E-state index in [0.29, 0.717) is 25.7 Å². The lowest BCUT2D eigenvalue weighted by atomic mass is 10.0. The zero-order valence-electron chi connectivity index (χ0n) is 65.9. The van der Waals surface area contributed by atoms with E-state index in [1.54, 1.807) is 0 Å². The van der Waals surface area contributed by atoms with Crippen molar-refractivity contribution in [3.63, 3.8) is 0 Å². The van der Waals surface area contributed by atoms with Crippen molar-refractivity contribution in [1.82, 2.24) is 0 Å². The van der Waals surface area contributed by atoms with Gasteiger partial charge >= 0.3 is 39.5 Å². The van der Waals surface area contributed by atoms with E-state index in [1.807, 2.05) is 0 Å². The molecule has 0 heterocycles. The summed E-state index contributed by atoms with van der Waals surface area (Å²) in [6.45, 7) is 4.66. The summed E-state index contributed by atoms with van der Waals surface area (Å²) in [6, 6.07) is 0. The summed E-state index contributed by atoms with van der Waals surface area (Å²) in [5.41, 5.74) is 0. The number of carbonyl (C=O) groups is 4. The van der Waals surface area contributed by atoms with Crippen LogP contribution >= 0.6 is 15.6 Å². The van der Waals surface area contributed by atoms with Crippen molar-refractivity contribution in [2.75, 3.05) is 39.6 Å². The van der Waals surface area contributed by atoms with Gasteiger partial charge in [0, 0.05) is 25.7 Å². The van der Waals surface area contributed by atoms with E-state index in [4.69, 9.17) is 37.0 Å². The predicted octanol–water partition coefficient (Wildman–Crippen LogP) is 24.3. The molecule has 19 heteroatoms. The molecular weight excluding hydrogens is 1350 g/mol. The van der Waals surface area contributed by atoms with Gasteiger partial charge in [-0.25, -0.2) is 9.13 Å². The summed E-state index contributed by atoms with van der Waals surface area (Å²) in [6.07, 6.45) is 82.2. The number of aliphatic hydroxyl groups excluding tert-OH is 1. The SMILES string of the molecule is CC/C=C\C/C=C\C/C=C\CCCCCCCCCC(=O)OCC(COP(=O)(O)OCC(O)COP(=O)(O)OCC(COC(=O)CCCCCCC/C=C\C/C=C\CCCCC)OC(=O)CCCCCCCCCCCCCCCCC)OC(=O)CCCCCCCCC/C=C\C/C=C\C/C=C\CC. The lowest BCUT2D eigenvalue weighted by Gasteiger charge is -2.21. The third-order valence-electron chi connectivity index (χ3n) is 17.5. The van der Waals surface area contributed by atoms with Gasteiger partial charge in [0.2, 0.25) is 0 Å². The van der Waals surface area contributed by atoms with Gasteiger partial charge in [0.1, 0.15) is 19.3 Å². The minimum absolute atomic E-state index is 0.0816. The summed E-state index contributed by atoms with van der Waals surface area (Å²) >= 11 is 0. The van der Waals surface area contributed by atoms with E-state index in [0.717, 1.165) is 199 Å². The predicted molar refractivity (Wildman–Crippen MR) is 427 cm³/mol. The van der Waals surface area contributed by atoms with Gasteiger partial charge in [-0.05, 0) is 122 Å². The number of phosphoric acid groups is 2. The van der Waals surface area contributed by atoms with E-state index in [2.05, 4.69) is 125 Å². The number of hydrogen-bond acceptors (Lipinski definition) is 15. The second-order valence-corrected chi connectivity index (χ2v) is 30.6. The first-order valence-corrected chi connectivity index (χ1v) is 44.5. The number of esters is 4. The third-order valence-corrected chi connectivity index (χ3v) is 19.4. The molecule has 0 rings (SSSR count). The van der Waals surface area contributed by atoms with Gasteiger partial charge in [-0.1, -0.05) is 311 Å². The van der Waals surface area contributed by atoms with E-state index < -0.39 is 97.5 Å². The second kappa shape index (κ2) is 77.1. The van der Waals surface area contributed by atoms with E-state index in [1.165, 1.54) is 83.5 Å². The molecule has 0 radical (unpaired) electrons. The minimum atomic E-state index is -4.98. The number of carbonyl (C=O) groups excluding carboxylic acids is 4. The van der Waals surface area contributed by atoms with Crippen LogP contribution < -0.4 is 0 Å². The fourth-order valence-electron chi connectivity index (χ4n) is 11.3. The van der Waals surface area contributed by atoms with Gasteiger partial charge in [-0.15, -0.1) is 0 Å². The Morgan fingerprint density at radius 2 is 0.500 bits per heavy atom. The minimum Gasteiger partial charge on any atom is -0.462 e. The number of allylic oxidation sites excluding steroid dienone is 16. The van der Waals surface area contributed by atoms with E-state index in [-0.39, 0.29) is 25.7 Å². The van der Waals surface area contributed by atoms with Gasteiger partial charge in [0.05, 0.1) is 26.4 Å². The van der Waals surface area contributed by atoms with Crippen molar-refractivity contribution in [2.45, 2.75) is 380 Å². The fourth-order valence-corrected chi connectivity index (χ4v) is 12.9. The normalized spacial score (nSPS) is 14.3. The lowest BCUT2D eigenvalue weighted by molar-refractivity contribution is -0.161. The van der Waals surface area contributed by atoms with Crippen LogP contribution in [-0.4, -0.2) is 96.7 Å². The molecule has 0 bridgehead atoms. The van der Waals surface area contributed by atoms with Gasteiger partial charge in [-0.3, -0.25) is 37.3 Å². The summed E-state index contributed by atoms with van der Waals surface area (Å²) in [7, 11) is -9.96. The monoisotopic (exact) mass is 1510 g/mol. The summed E-state index contributed by atoms with van der Waals surface area (Å²) < 4.78 is 68.7. The van der Waals surface area contributed by atoms with Crippen LogP contribution in [-0.2, 0) is 65.4 Å². The maximum atomic E-state index is 13.1. The van der Waals surface area contributed by atoms with Crippen LogP contribution in [0.1, 0.15) is 362 Å². The Balaban J connectivity index is 5.37. The lowest BCUT2D eigenvalue weighted by Crippen LogP contribution is -2.30. The fraction of sp³-hybridized carbons (Fsp3) is 0.765. The maximum absolute atomic E-state index is 13.1. The highest BCUT2D eigenvalue weighted by Gasteiger charge is 2.30. The highest BCUT2D eigenvalue weighted by Crippen LogP contribution is 2.45. The first-order valence-electron chi connectivity index (χ1n) is 41.5. The molecule has 0 amide bonds. The molecule has 5 atom stereocenters. The van der Waals surface area contributed by atoms with Gasteiger partial charge in [-0.2, -0.15) is 0 Å². The Morgan fingerprint density at radius 3 is 0.788 bits per heavy atom. The number of ether oxygens (including phenoxy) is 4. The molecule has 0 fully saturated rings. The van der Waals surface area contributed by atoms with Crippen molar-refractivity contribution in [3.05, 3.63) is 97.2 Å². The van der Waals surface area contributed by atoms with E-state index in [9.17, 15) is 43.2 Å². The van der Waals surface area contributed by atoms with Gasteiger partial charge < -0.3 is 33.8 Å². The van der Waals surface area contributed by atoms with Crippen LogP contribution in [0.5, 0.6) is 0 Å². The summed E-state index contributed by atoms with van der Waals surface area (Å²) in [5.74, 6) is -2.19. The Labute approximate surface area is 633 Å². The van der Waals surface area contributed by atoms with Gasteiger partial charge in [0.25, 0.3) is 0 Å². The van der Waals surface area contributed by atoms with Crippen LogP contribution in [0.2, 0.25) is 0 Å². The number of phosphoric ester groups is 2. The Kier molecular flexibility index (Phi) is 74.2. The topological polar surface area (TPSA) is 237 Å². The van der Waals surface area contributed by atoms with Crippen LogP contribution in [0.15, 0.2) is 97.2 Å². The molecule has 0 aliphatic carbocycles. The molecule has 0 saturated heterocycles. The molecule has 0 saturated carbocycles. The molecule has 602 valence electrons. The van der Waals surface area contributed by atoms with Crippen LogP contribution in [0.4, 0.5) is 0 Å². The molecule has 3 N–H and O–H groups in total. The summed E-state index contributed by atoms with van der Waals surface area (Å²) in [5, 5.41) is 10.7. The molecule has 0 aliphatic heterocycles. The quantitative estimate of drug-likeness (QED) is 0.0169. The molecule has 0 aliphatic rings. The highest BCUT2D eigenvalue weighted by atomic mass is 31.2. The van der Waals surface area contributed by atoms with E-state index >= 15 is 0 Å². The smallest absolute Gasteiger partial charge is 0.462 e. The van der Waals surface area contributed by atoms with Crippen molar-refractivity contribution < 1.29 is 80.2 Å². The van der Waals surface area contributed by atoms with Crippen LogP contribution in [0, 0.1) is 0 Å². The number of rotatable bonds is 78. The average Bonchev–Trinajstić information content (AvgIpc) is 0.926. The van der Waals surface area contributed by atoms with Crippen LogP contribution in [0.3, 0.4) is 0 Å². The molecule has 0 spiro atoms. The molecule has 0 aromatic carbocycles. The first-order chi connectivity index (χ1) is 50.7. The van der Waals surface area contributed by atoms with Crippen molar-refractivity contribution >= 4 is 39.5 Å². The zero-order valence-corrected chi connectivity index (χ0v) is 67.7. The van der Waals surface area contributed by atoms with Gasteiger partial charge in [0.15, 0.2) is 12.2 Å². The second-order valence-electron chi connectivity index (χ2n) is 27.7. The Morgan fingerprint density at radius 1 is 0.279 bits per heavy atom. The largest absolute Gasteiger partial charge is 0.472 e. The van der Waals surface area contributed by atoms with Crippen LogP contribution in [0.25, 0.3) is 0 Å².